The Kier molecular flexibility index (Phi) is 13.6. The van der Waals surface area contributed by atoms with Gasteiger partial charge in [0.2, 0.25) is 0 Å². The molecule has 36 heavy (non-hydrogen) atoms. The van der Waals surface area contributed by atoms with E-state index in [4.69, 9.17) is 11.6 Å². The minimum atomic E-state index is -1.19. The molecule has 0 aliphatic carbocycles. The monoisotopic (exact) mass is 507 g/mol. The average molecular weight is 508 g/mol. The van der Waals surface area contributed by atoms with Crippen molar-refractivity contribution >= 4 is 34.6 Å². The summed E-state index contributed by atoms with van der Waals surface area (Å²) in [6.07, 6.45) is 12.0. The van der Waals surface area contributed by atoms with Crippen LogP contribution < -0.4 is 5.32 Å². The molecule has 0 amide bonds. The Hall–Kier alpha value is -2.90. The van der Waals surface area contributed by atoms with E-state index in [0.717, 1.165) is 42.1 Å². The van der Waals surface area contributed by atoms with Gasteiger partial charge in [-0.2, -0.15) is 0 Å². The molecule has 2 aromatic rings. The van der Waals surface area contributed by atoms with Crippen molar-refractivity contribution in [2.75, 3.05) is 11.9 Å². The number of hydrogen-bond donors (Lipinski definition) is 1. The van der Waals surface area contributed by atoms with Crippen LogP contribution in [0.15, 0.2) is 48.5 Å². The lowest BCUT2D eigenvalue weighted by atomic mass is 9.91. The van der Waals surface area contributed by atoms with Gasteiger partial charge in [-0.15, -0.1) is 0 Å². The molecule has 0 unspecified atom stereocenters. The Bertz CT molecular complexity index is 1020. The van der Waals surface area contributed by atoms with Crippen molar-refractivity contribution in [3.63, 3.8) is 0 Å². The van der Waals surface area contributed by atoms with Crippen LogP contribution in [0.3, 0.4) is 0 Å². The highest BCUT2D eigenvalue weighted by molar-refractivity contribution is 6.30. The maximum Gasteiger partial charge on any atom is 0.180 e. The second kappa shape index (κ2) is 16.7. The molecule has 0 fully saturated rings. The van der Waals surface area contributed by atoms with Gasteiger partial charge in [0.15, 0.2) is 5.78 Å². The Labute approximate surface area is 221 Å². The zero-order valence-corrected chi connectivity index (χ0v) is 22.3. The van der Waals surface area contributed by atoms with E-state index in [1.54, 1.807) is 12.1 Å². The summed E-state index contributed by atoms with van der Waals surface area (Å²) in [5.74, 6) is 3.99. The molecule has 0 heterocycles. The molecule has 0 aliphatic heterocycles. The Balaban J connectivity index is 1.47. The molecule has 0 spiro atoms. The fourth-order valence-corrected chi connectivity index (χ4v) is 4.21. The predicted molar refractivity (Wildman–Crippen MR) is 149 cm³/mol. The molecule has 2 rings (SSSR count). The van der Waals surface area contributed by atoms with Gasteiger partial charge in [-0.3, -0.25) is 14.4 Å². The lowest BCUT2D eigenvalue weighted by Gasteiger charge is -2.10. The van der Waals surface area contributed by atoms with Crippen LogP contribution in [0, 0.1) is 17.8 Å². The van der Waals surface area contributed by atoms with Crippen molar-refractivity contribution in [2.45, 2.75) is 78.1 Å². The second-order valence-corrected chi connectivity index (χ2v) is 9.70. The number of rotatable bonds is 16. The predicted octanol–water partition coefficient (Wildman–Crippen LogP) is 7.68. The second-order valence-electron chi connectivity index (χ2n) is 9.26. The van der Waals surface area contributed by atoms with Crippen molar-refractivity contribution in [3.05, 3.63) is 64.7 Å². The topological polar surface area (TPSA) is 63.2 Å². The molecule has 0 aromatic heterocycles. The van der Waals surface area contributed by atoms with Crippen LogP contribution in [-0.2, 0) is 9.59 Å². The fraction of sp³-hybridized carbons (Fsp3) is 0.452. The van der Waals surface area contributed by atoms with Gasteiger partial charge in [0, 0.05) is 34.8 Å². The summed E-state index contributed by atoms with van der Waals surface area (Å²) < 4.78 is 0. The molecule has 0 radical (unpaired) electrons. The zero-order chi connectivity index (χ0) is 26.2. The first-order valence-corrected chi connectivity index (χ1v) is 13.4. The molecule has 0 aliphatic rings. The number of nitrogens with one attached hydrogen (secondary N) is 1. The fourth-order valence-electron chi connectivity index (χ4n) is 4.08. The smallest absolute Gasteiger partial charge is 0.180 e. The molecule has 192 valence electrons. The Morgan fingerprint density at radius 2 is 1.28 bits per heavy atom. The number of unbranched alkanes of at least 4 members (excludes halogenated alkanes) is 9. The van der Waals surface area contributed by atoms with Crippen LogP contribution in [0.25, 0.3) is 0 Å². The summed E-state index contributed by atoms with van der Waals surface area (Å²) >= 11 is 5.88. The lowest BCUT2D eigenvalue weighted by molar-refractivity contribution is -0.128. The van der Waals surface area contributed by atoms with Crippen molar-refractivity contribution in [2.24, 2.45) is 5.92 Å². The summed E-state index contributed by atoms with van der Waals surface area (Å²) in [7, 11) is 0. The van der Waals surface area contributed by atoms with E-state index < -0.39 is 23.3 Å². The first kappa shape index (κ1) is 29.3. The summed E-state index contributed by atoms with van der Waals surface area (Å²) in [5, 5.41) is 4.12. The van der Waals surface area contributed by atoms with Gasteiger partial charge in [-0.1, -0.05) is 68.4 Å². The quantitative estimate of drug-likeness (QED) is 0.109. The highest BCUT2D eigenvalue weighted by Crippen LogP contribution is 2.16. The number of carbonyl (C=O) groups excluding carboxylic acids is 3. The Morgan fingerprint density at radius 3 is 1.83 bits per heavy atom. The van der Waals surface area contributed by atoms with Crippen LogP contribution in [0.2, 0.25) is 5.02 Å². The van der Waals surface area contributed by atoms with Gasteiger partial charge in [0.05, 0.1) is 0 Å². The summed E-state index contributed by atoms with van der Waals surface area (Å²) in [6.45, 7) is 3.44. The number of ketones is 3. The van der Waals surface area contributed by atoms with Crippen LogP contribution in [0.5, 0.6) is 0 Å². The van der Waals surface area contributed by atoms with E-state index in [0.29, 0.717) is 5.56 Å². The Morgan fingerprint density at radius 1 is 0.750 bits per heavy atom. The molecule has 5 heteroatoms. The first-order chi connectivity index (χ1) is 17.4. The third-order valence-corrected chi connectivity index (χ3v) is 6.38. The van der Waals surface area contributed by atoms with Crippen molar-refractivity contribution in [1.82, 2.24) is 0 Å². The average Bonchev–Trinajstić information content (AvgIpc) is 2.85. The standard InChI is InChI=1S/C31H38ClNO3/c1-24(34)30(25(2)35)31(36)27-17-21-29(22-18-27)33-23-13-11-9-7-5-3-4-6-8-10-12-14-26-15-19-28(32)20-16-26/h15-22,30,33H,3-11,13,23H2,1-2H3. The number of Topliss-reactive ketones (excluding diaryl/α,β-unsaturated/α-hetero) is 3. The summed E-state index contributed by atoms with van der Waals surface area (Å²) in [6, 6.07) is 14.7. The number of hydrogen-bond acceptors (Lipinski definition) is 4. The highest BCUT2D eigenvalue weighted by Gasteiger charge is 2.28. The minimum absolute atomic E-state index is 0.391. The SMILES string of the molecule is CC(=O)C(C(C)=O)C(=O)c1ccc(NCCCCCCCCCCCC#Cc2ccc(Cl)cc2)cc1. The molecule has 0 saturated heterocycles. The largest absolute Gasteiger partial charge is 0.385 e. The molecule has 0 saturated carbocycles. The van der Waals surface area contributed by atoms with E-state index >= 15 is 0 Å². The van der Waals surface area contributed by atoms with Gasteiger partial charge in [-0.05, 0) is 75.2 Å². The van der Waals surface area contributed by atoms with Crippen molar-refractivity contribution < 1.29 is 14.4 Å². The number of carbonyl (C=O) groups is 3. The number of anilines is 1. The first-order valence-electron chi connectivity index (χ1n) is 13.0. The van der Waals surface area contributed by atoms with E-state index in [-0.39, 0.29) is 0 Å². The van der Waals surface area contributed by atoms with Gasteiger partial charge in [0.25, 0.3) is 0 Å². The molecule has 2 aromatic carbocycles. The van der Waals surface area contributed by atoms with Crippen LogP contribution in [0.4, 0.5) is 5.69 Å². The third-order valence-electron chi connectivity index (χ3n) is 6.13. The van der Waals surface area contributed by atoms with E-state index in [1.807, 2.05) is 36.4 Å². The van der Waals surface area contributed by atoms with E-state index in [9.17, 15) is 14.4 Å². The van der Waals surface area contributed by atoms with Crippen LogP contribution >= 0.6 is 11.6 Å². The van der Waals surface area contributed by atoms with Crippen LogP contribution in [-0.4, -0.2) is 23.9 Å². The third kappa shape index (κ3) is 11.2. The molecule has 0 bridgehead atoms. The van der Waals surface area contributed by atoms with Gasteiger partial charge >= 0.3 is 0 Å². The maximum absolute atomic E-state index is 12.4. The van der Waals surface area contributed by atoms with Gasteiger partial charge < -0.3 is 5.32 Å². The lowest BCUT2D eigenvalue weighted by Crippen LogP contribution is -2.28. The molecule has 0 atom stereocenters. The normalized spacial score (nSPS) is 10.6. The molecular formula is C31H38ClNO3. The van der Waals surface area contributed by atoms with E-state index in [2.05, 4.69) is 17.2 Å². The summed E-state index contributed by atoms with van der Waals surface area (Å²) in [4.78, 5) is 35.6. The molecule has 4 nitrogen and oxygen atoms in total. The van der Waals surface area contributed by atoms with Crippen LogP contribution in [0.1, 0.15) is 94.0 Å². The number of halogens is 1. The number of benzene rings is 2. The van der Waals surface area contributed by atoms with Gasteiger partial charge in [-0.25, -0.2) is 0 Å². The zero-order valence-electron chi connectivity index (χ0n) is 21.6. The minimum Gasteiger partial charge on any atom is -0.385 e. The summed E-state index contributed by atoms with van der Waals surface area (Å²) in [5.41, 5.74) is 2.35. The van der Waals surface area contributed by atoms with Crippen molar-refractivity contribution in [1.29, 1.82) is 0 Å². The molecular weight excluding hydrogens is 470 g/mol. The molecule has 1 N–H and O–H groups in total. The maximum atomic E-state index is 12.4. The van der Waals surface area contributed by atoms with Gasteiger partial charge in [0.1, 0.15) is 17.5 Å². The van der Waals surface area contributed by atoms with Crippen molar-refractivity contribution in [3.8, 4) is 11.8 Å². The highest BCUT2D eigenvalue weighted by atomic mass is 35.5. The van der Waals surface area contributed by atoms with E-state index in [1.165, 1.54) is 58.8 Å².